The molecule has 0 saturated heterocycles. The fraction of sp³-hybridized carbons (Fsp3) is 0.368. The van der Waals surface area contributed by atoms with Crippen molar-refractivity contribution in [1.82, 2.24) is 5.43 Å². The van der Waals surface area contributed by atoms with Crippen molar-refractivity contribution < 1.29 is 19.0 Å². The van der Waals surface area contributed by atoms with E-state index < -0.39 is 0 Å². The van der Waals surface area contributed by atoms with Gasteiger partial charge < -0.3 is 14.2 Å². The molecule has 0 spiro atoms. The van der Waals surface area contributed by atoms with Crippen LogP contribution < -0.4 is 19.6 Å². The zero-order chi connectivity index (χ0) is 18.9. The summed E-state index contributed by atoms with van der Waals surface area (Å²) in [4.78, 5) is 14.6. The SMILES string of the molecule is CCOc1cc(C(=O)N/N=C/c2ccc(C)s2)cc(OCC)c1OCC. The molecule has 1 aromatic heterocycles. The fourth-order valence-electron chi connectivity index (χ4n) is 2.26. The standard InChI is InChI=1S/C19H24N2O4S/c1-5-23-16-10-14(11-17(24-6-2)18(16)25-7-3)19(22)21-20-12-15-9-8-13(4)26-15/h8-12H,5-7H2,1-4H3,(H,21,22)/b20-12+. The Labute approximate surface area is 157 Å². The van der Waals surface area contributed by atoms with E-state index in [0.29, 0.717) is 42.6 Å². The summed E-state index contributed by atoms with van der Waals surface area (Å²) in [7, 11) is 0. The molecule has 1 amide bonds. The van der Waals surface area contributed by atoms with Crippen LogP contribution >= 0.6 is 11.3 Å². The zero-order valence-corrected chi connectivity index (χ0v) is 16.3. The molecule has 0 aliphatic rings. The zero-order valence-electron chi connectivity index (χ0n) is 15.5. The molecule has 2 rings (SSSR count). The normalized spacial score (nSPS) is 10.8. The predicted octanol–water partition coefficient (Wildman–Crippen LogP) is 4.02. The summed E-state index contributed by atoms with van der Waals surface area (Å²) >= 11 is 1.60. The van der Waals surface area contributed by atoms with Gasteiger partial charge in [-0.2, -0.15) is 5.10 Å². The van der Waals surface area contributed by atoms with Crippen molar-refractivity contribution in [1.29, 1.82) is 0 Å². The largest absolute Gasteiger partial charge is 0.490 e. The van der Waals surface area contributed by atoms with Gasteiger partial charge in [0.15, 0.2) is 11.5 Å². The number of hydrogen-bond donors (Lipinski definition) is 1. The van der Waals surface area contributed by atoms with Crippen LogP contribution in [-0.2, 0) is 0 Å². The first kappa shape index (κ1) is 19.8. The molecule has 0 atom stereocenters. The Morgan fingerprint density at radius 3 is 2.19 bits per heavy atom. The number of benzene rings is 1. The minimum Gasteiger partial charge on any atom is -0.490 e. The number of ether oxygens (including phenoxy) is 3. The molecule has 2 aromatic rings. The van der Waals surface area contributed by atoms with Crippen molar-refractivity contribution >= 4 is 23.5 Å². The van der Waals surface area contributed by atoms with E-state index >= 15 is 0 Å². The van der Waals surface area contributed by atoms with E-state index in [4.69, 9.17) is 14.2 Å². The Bertz CT molecular complexity index is 744. The first-order valence-corrected chi connectivity index (χ1v) is 9.36. The van der Waals surface area contributed by atoms with Gasteiger partial charge in [-0.3, -0.25) is 4.79 Å². The molecule has 0 aliphatic carbocycles. The summed E-state index contributed by atoms with van der Waals surface area (Å²) in [6, 6.07) is 7.23. The number of carbonyl (C=O) groups excluding carboxylic acids is 1. The maximum absolute atomic E-state index is 12.4. The van der Waals surface area contributed by atoms with Crippen LogP contribution in [0, 0.1) is 6.92 Å². The Hall–Kier alpha value is -2.54. The van der Waals surface area contributed by atoms with E-state index in [1.165, 1.54) is 4.88 Å². The van der Waals surface area contributed by atoms with E-state index in [1.807, 2.05) is 39.8 Å². The molecule has 1 heterocycles. The number of aryl methyl sites for hydroxylation is 1. The molecule has 6 nitrogen and oxygen atoms in total. The van der Waals surface area contributed by atoms with Crippen molar-refractivity contribution in [3.63, 3.8) is 0 Å². The van der Waals surface area contributed by atoms with E-state index in [1.54, 1.807) is 29.7 Å². The Morgan fingerprint density at radius 2 is 1.69 bits per heavy atom. The maximum Gasteiger partial charge on any atom is 0.271 e. The van der Waals surface area contributed by atoms with Gasteiger partial charge in [0.2, 0.25) is 5.75 Å². The monoisotopic (exact) mass is 376 g/mol. The Morgan fingerprint density at radius 1 is 1.08 bits per heavy atom. The number of thiophene rings is 1. The van der Waals surface area contributed by atoms with Crippen LogP contribution in [0.5, 0.6) is 17.2 Å². The summed E-state index contributed by atoms with van der Waals surface area (Å²) in [5.74, 6) is 1.11. The van der Waals surface area contributed by atoms with Crippen LogP contribution in [0.25, 0.3) is 0 Å². The minimum absolute atomic E-state index is 0.348. The van der Waals surface area contributed by atoms with Crippen molar-refractivity contribution in [2.75, 3.05) is 19.8 Å². The second-order valence-electron chi connectivity index (χ2n) is 5.25. The van der Waals surface area contributed by atoms with Crippen LogP contribution in [0.3, 0.4) is 0 Å². The number of carbonyl (C=O) groups is 1. The number of hydrazone groups is 1. The quantitative estimate of drug-likeness (QED) is 0.530. The first-order valence-electron chi connectivity index (χ1n) is 8.55. The van der Waals surface area contributed by atoms with Crippen molar-refractivity contribution in [3.05, 3.63) is 39.6 Å². The van der Waals surface area contributed by atoms with Crippen molar-refractivity contribution in [3.8, 4) is 17.2 Å². The van der Waals surface area contributed by atoms with Gasteiger partial charge in [-0.1, -0.05) is 0 Å². The fourth-order valence-corrected chi connectivity index (χ4v) is 3.01. The van der Waals surface area contributed by atoms with Crippen LogP contribution in [0.1, 0.15) is 40.9 Å². The summed E-state index contributed by atoms with van der Waals surface area (Å²) < 4.78 is 16.9. The van der Waals surface area contributed by atoms with Gasteiger partial charge in [0.05, 0.1) is 26.0 Å². The maximum atomic E-state index is 12.4. The molecule has 0 bridgehead atoms. The third kappa shape index (κ3) is 5.23. The highest BCUT2D eigenvalue weighted by Gasteiger charge is 2.18. The van der Waals surface area contributed by atoms with Crippen molar-refractivity contribution in [2.45, 2.75) is 27.7 Å². The number of amides is 1. The molecule has 1 N–H and O–H groups in total. The van der Waals surface area contributed by atoms with Gasteiger partial charge >= 0.3 is 0 Å². The molecule has 0 aliphatic heterocycles. The number of rotatable bonds is 9. The molecule has 0 saturated carbocycles. The van der Waals surface area contributed by atoms with E-state index in [9.17, 15) is 4.79 Å². The number of nitrogens with one attached hydrogen (secondary N) is 1. The molecule has 140 valence electrons. The first-order chi connectivity index (χ1) is 12.6. The van der Waals surface area contributed by atoms with Gasteiger partial charge in [-0.25, -0.2) is 5.43 Å². The Balaban J connectivity index is 2.23. The third-order valence-electron chi connectivity index (χ3n) is 3.29. The van der Waals surface area contributed by atoms with Gasteiger partial charge in [0.25, 0.3) is 5.91 Å². The lowest BCUT2D eigenvalue weighted by Gasteiger charge is -2.16. The van der Waals surface area contributed by atoms with E-state index in [0.717, 1.165) is 4.88 Å². The molecule has 7 heteroatoms. The highest BCUT2D eigenvalue weighted by atomic mass is 32.1. The van der Waals surface area contributed by atoms with Crippen LogP contribution in [0.4, 0.5) is 0 Å². The molecule has 1 aromatic carbocycles. The lowest BCUT2D eigenvalue weighted by atomic mass is 10.1. The summed E-state index contributed by atoms with van der Waals surface area (Å²) in [5, 5.41) is 4.01. The Kier molecular flexibility index (Phi) is 7.47. The molecular formula is C19H24N2O4S. The highest BCUT2D eigenvalue weighted by Crippen LogP contribution is 2.39. The summed E-state index contributed by atoms with van der Waals surface area (Å²) in [6.07, 6.45) is 1.62. The van der Waals surface area contributed by atoms with E-state index in [-0.39, 0.29) is 5.91 Å². The minimum atomic E-state index is -0.348. The molecule has 0 radical (unpaired) electrons. The second-order valence-corrected chi connectivity index (χ2v) is 6.57. The molecule has 0 fully saturated rings. The topological polar surface area (TPSA) is 69.2 Å². The lowest BCUT2D eigenvalue weighted by molar-refractivity contribution is 0.0954. The lowest BCUT2D eigenvalue weighted by Crippen LogP contribution is -2.18. The molecular weight excluding hydrogens is 352 g/mol. The average molecular weight is 376 g/mol. The molecule has 0 unspecified atom stereocenters. The average Bonchev–Trinajstić information content (AvgIpc) is 3.03. The van der Waals surface area contributed by atoms with Gasteiger partial charge in [0, 0.05) is 15.3 Å². The number of hydrogen-bond acceptors (Lipinski definition) is 6. The predicted molar refractivity (Wildman–Crippen MR) is 104 cm³/mol. The van der Waals surface area contributed by atoms with E-state index in [2.05, 4.69) is 10.5 Å². The van der Waals surface area contributed by atoms with Crippen molar-refractivity contribution in [2.24, 2.45) is 5.10 Å². The third-order valence-corrected chi connectivity index (χ3v) is 4.23. The van der Waals surface area contributed by atoms with Gasteiger partial charge in [-0.05, 0) is 52.0 Å². The van der Waals surface area contributed by atoms with Gasteiger partial charge in [-0.15, -0.1) is 11.3 Å². The van der Waals surface area contributed by atoms with Gasteiger partial charge in [0.1, 0.15) is 0 Å². The second kappa shape index (κ2) is 9.82. The summed E-state index contributed by atoms with van der Waals surface area (Å²) in [6.45, 7) is 9.01. The van der Waals surface area contributed by atoms with Crippen LogP contribution in [0.2, 0.25) is 0 Å². The van der Waals surface area contributed by atoms with Crippen LogP contribution in [-0.4, -0.2) is 31.9 Å². The smallest absolute Gasteiger partial charge is 0.271 e. The highest BCUT2D eigenvalue weighted by molar-refractivity contribution is 7.13. The summed E-state index contributed by atoms with van der Waals surface area (Å²) in [5.41, 5.74) is 2.92. The number of nitrogens with zero attached hydrogens (tertiary/aromatic N) is 1. The molecule has 26 heavy (non-hydrogen) atoms. The van der Waals surface area contributed by atoms with Crippen LogP contribution in [0.15, 0.2) is 29.4 Å².